The first-order valence-corrected chi connectivity index (χ1v) is 5.86. The van der Waals surface area contributed by atoms with Crippen molar-refractivity contribution >= 4 is 11.9 Å². The summed E-state index contributed by atoms with van der Waals surface area (Å²) in [5.74, 6) is -1.10. The van der Waals surface area contributed by atoms with Gasteiger partial charge in [-0.15, -0.1) is 0 Å². The molecule has 1 rings (SSSR count). The number of hydrogen-bond acceptors (Lipinski definition) is 4. The quantitative estimate of drug-likeness (QED) is 0.595. The van der Waals surface area contributed by atoms with Crippen molar-refractivity contribution in [3.8, 4) is 0 Å². The van der Waals surface area contributed by atoms with Crippen LogP contribution in [0.25, 0.3) is 0 Å². The fourth-order valence-corrected chi connectivity index (χ4v) is 1.55. The lowest BCUT2D eigenvalue weighted by Gasteiger charge is -2.09. The van der Waals surface area contributed by atoms with Crippen LogP contribution < -0.4 is 5.32 Å². The molecule has 1 unspecified atom stereocenters. The number of carbonyl (C=O) groups excluding carboxylic acids is 1. The molecule has 98 valence electrons. The molecule has 0 aromatic rings. The Bertz CT molecular complexity index is 250. The molecule has 0 radical (unpaired) electrons. The van der Waals surface area contributed by atoms with Crippen LogP contribution in [0.5, 0.6) is 0 Å². The van der Waals surface area contributed by atoms with E-state index in [9.17, 15) is 9.59 Å². The van der Waals surface area contributed by atoms with Gasteiger partial charge in [0.2, 0.25) is 5.91 Å². The van der Waals surface area contributed by atoms with Crippen molar-refractivity contribution in [2.24, 2.45) is 0 Å². The second-order valence-corrected chi connectivity index (χ2v) is 3.95. The van der Waals surface area contributed by atoms with Crippen molar-refractivity contribution in [3.63, 3.8) is 0 Å². The molecule has 1 aliphatic rings. The number of hydrogen-bond donors (Lipinski definition) is 2. The number of carboxylic acid groups (broad SMARTS) is 1. The van der Waals surface area contributed by atoms with E-state index in [1.54, 1.807) is 0 Å². The Labute approximate surface area is 100 Å². The Morgan fingerprint density at radius 2 is 2.24 bits per heavy atom. The molecule has 0 saturated carbocycles. The molecule has 1 amide bonds. The number of aliphatic carboxylic acids is 1. The lowest BCUT2D eigenvalue weighted by Crippen LogP contribution is -2.27. The van der Waals surface area contributed by atoms with Crippen LogP contribution in [0.4, 0.5) is 0 Å². The molecular weight excluding hydrogens is 226 g/mol. The Morgan fingerprint density at radius 3 is 2.88 bits per heavy atom. The van der Waals surface area contributed by atoms with Crippen LogP contribution in [0, 0.1) is 0 Å². The number of carbonyl (C=O) groups is 2. The van der Waals surface area contributed by atoms with Gasteiger partial charge in [0.25, 0.3) is 0 Å². The highest BCUT2D eigenvalue weighted by Crippen LogP contribution is 2.11. The molecule has 1 saturated heterocycles. The van der Waals surface area contributed by atoms with Gasteiger partial charge in [0.05, 0.1) is 25.7 Å². The molecule has 6 nitrogen and oxygen atoms in total. The molecule has 2 N–H and O–H groups in total. The number of carboxylic acids is 1. The first kappa shape index (κ1) is 13.9. The molecule has 6 heteroatoms. The first-order chi connectivity index (χ1) is 8.18. The number of amides is 1. The fraction of sp³-hybridized carbons (Fsp3) is 0.818. The van der Waals surface area contributed by atoms with Crippen LogP contribution in [-0.2, 0) is 19.1 Å². The van der Waals surface area contributed by atoms with Gasteiger partial charge >= 0.3 is 5.97 Å². The number of ether oxygens (including phenoxy) is 2. The summed E-state index contributed by atoms with van der Waals surface area (Å²) in [6, 6.07) is 0. The van der Waals surface area contributed by atoms with Crippen molar-refractivity contribution in [1.29, 1.82) is 0 Å². The van der Waals surface area contributed by atoms with E-state index in [2.05, 4.69) is 5.32 Å². The molecule has 1 aliphatic heterocycles. The number of nitrogens with one attached hydrogen (secondary N) is 1. The first-order valence-electron chi connectivity index (χ1n) is 5.86. The van der Waals surface area contributed by atoms with Gasteiger partial charge in [-0.1, -0.05) is 0 Å². The summed E-state index contributed by atoms with van der Waals surface area (Å²) >= 11 is 0. The summed E-state index contributed by atoms with van der Waals surface area (Å²) in [6.45, 7) is 1.84. The van der Waals surface area contributed by atoms with Crippen LogP contribution in [0.1, 0.15) is 25.7 Å². The van der Waals surface area contributed by atoms with Gasteiger partial charge in [0.15, 0.2) is 0 Å². The third-order valence-electron chi connectivity index (χ3n) is 2.46. The molecule has 0 spiro atoms. The van der Waals surface area contributed by atoms with Crippen molar-refractivity contribution < 1.29 is 24.2 Å². The maximum Gasteiger partial charge on any atom is 0.305 e. The monoisotopic (exact) mass is 245 g/mol. The lowest BCUT2D eigenvalue weighted by atomic mass is 10.2. The highest BCUT2D eigenvalue weighted by atomic mass is 16.5. The van der Waals surface area contributed by atoms with Crippen LogP contribution in [0.3, 0.4) is 0 Å². The molecule has 0 aromatic heterocycles. The lowest BCUT2D eigenvalue weighted by molar-refractivity contribution is -0.136. The van der Waals surface area contributed by atoms with Crippen molar-refractivity contribution in [3.05, 3.63) is 0 Å². The molecule has 17 heavy (non-hydrogen) atoms. The molecule has 0 aliphatic carbocycles. The zero-order valence-electron chi connectivity index (χ0n) is 9.81. The highest BCUT2D eigenvalue weighted by molar-refractivity contribution is 5.76. The summed E-state index contributed by atoms with van der Waals surface area (Å²) in [4.78, 5) is 21.4. The fourth-order valence-electron chi connectivity index (χ4n) is 1.55. The maximum absolute atomic E-state index is 11.2. The third kappa shape index (κ3) is 6.91. The topological polar surface area (TPSA) is 84.9 Å². The van der Waals surface area contributed by atoms with Gasteiger partial charge in [0.1, 0.15) is 0 Å². The number of rotatable bonds is 8. The molecule has 0 aromatic carbocycles. The van der Waals surface area contributed by atoms with E-state index in [-0.39, 0.29) is 31.4 Å². The predicted octanol–water partition coefficient (Wildman–Crippen LogP) is 0.163. The molecule has 1 atom stereocenters. The zero-order valence-corrected chi connectivity index (χ0v) is 9.81. The van der Waals surface area contributed by atoms with Gasteiger partial charge in [-0.3, -0.25) is 9.59 Å². The summed E-state index contributed by atoms with van der Waals surface area (Å²) in [5, 5.41) is 10.9. The largest absolute Gasteiger partial charge is 0.481 e. The second-order valence-electron chi connectivity index (χ2n) is 3.95. The van der Waals surface area contributed by atoms with E-state index in [1.807, 2.05) is 0 Å². The zero-order chi connectivity index (χ0) is 12.5. The van der Waals surface area contributed by atoms with Gasteiger partial charge in [-0.2, -0.15) is 0 Å². The molecular formula is C11H19NO5. The molecule has 1 fully saturated rings. The van der Waals surface area contributed by atoms with Crippen LogP contribution in [0.15, 0.2) is 0 Å². The Kier molecular flexibility index (Phi) is 6.57. The highest BCUT2D eigenvalue weighted by Gasteiger charge is 2.15. The minimum Gasteiger partial charge on any atom is -0.481 e. The van der Waals surface area contributed by atoms with Gasteiger partial charge in [-0.05, 0) is 12.8 Å². The standard InChI is InChI=1S/C11H19NO5/c13-10(12-5-3-11(14)15)4-7-16-8-9-2-1-6-17-9/h9H,1-8H2,(H,12,13)(H,14,15). The van der Waals surface area contributed by atoms with E-state index >= 15 is 0 Å². The summed E-state index contributed by atoms with van der Waals surface area (Å²) in [5.41, 5.74) is 0. The normalized spacial score (nSPS) is 19.2. The summed E-state index contributed by atoms with van der Waals surface area (Å²) in [6.07, 6.45) is 2.47. The molecule has 1 heterocycles. The van der Waals surface area contributed by atoms with Gasteiger partial charge in [-0.25, -0.2) is 0 Å². The second kappa shape index (κ2) is 8.03. The Morgan fingerprint density at radius 1 is 1.41 bits per heavy atom. The van der Waals surface area contributed by atoms with E-state index in [0.29, 0.717) is 13.2 Å². The smallest absolute Gasteiger partial charge is 0.305 e. The van der Waals surface area contributed by atoms with Crippen molar-refractivity contribution in [2.45, 2.75) is 31.8 Å². The van der Waals surface area contributed by atoms with Crippen LogP contribution in [-0.4, -0.2) is 49.5 Å². The van der Waals surface area contributed by atoms with E-state index in [1.165, 1.54) is 0 Å². The van der Waals surface area contributed by atoms with Crippen molar-refractivity contribution in [2.75, 3.05) is 26.4 Å². The molecule has 0 bridgehead atoms. The van der Waals surface area contributed by atoms with Gasteiger partial charge in [0, 0.05) is 19.6 Å². The average molecular weight is 245 g/mol. The average Bonchev–Trinajstić information content (AvgIpc) is 2.76. The predicted molar refractivity (Wildman–Crippen MR) is 59.7 cm³/mol. The minimum absolute atomic E-state index is 0.0531. The summed E-state index contributed by atoms with van der Waals surface area (Å²) < 4.78 is 10.7. The van der Waals surface area contributed by atoms with E-state index in [0.717, 1.165) is 19.4 Å². The third-order valence-corrected chi connectivity index (χ3v) is 2.46. The SMILES string of the molecule is O=C(O)CCNC(=O)CCOCC1CCCO1. The van der Waals surface area contributed by atoms with E-state index < -0.39 is 5.97 Å². The van der Waals surface area contributed by atoms with Crippen LogP contribution in [0.2, 0.25) is 0 Å². The maximum atomic E-state index is 11.2. The Balaban J connectivity index is 1.90. The van der Waals surface area contributed by atoms with E-state index in [4.69, 9.17) is 14.6 Å². The minimum atomic E-state index is -0.917. The Hall–Kier alpha value is -1.14. The van der Waals surface area contributed by atoms with Gasteiger partial charge < -0.3 is 19.9 Å². The summed E-state index contributed by atoms with van der Waals surface area (Å²) in [7, 11) is 0. The van der Waals surface area contributed by atoms with Crippen molar-refractivity contribution in [1.82, 2.24) is 5.32 Å². The van der Waals surface area contributed by atoms with Crippen LogP contribution >= 0.6 is 0 Å².